The van der Waals surface area contributed by atoms with E-state index in [1.807, 2.05) is 12.1 Å². The Balaban J connectivity index is 2.03. The second kappa shape index (κ2) is 3.89. The fourth-order valence-electron chi connectivity index (χ4n) is 1.74. The highest BCUT2D eigenvalue weighted by Crippen LogP contribution is 2.35. The lowest BCUT2D eigenvalue weighted by Gasteiger charge is -2.01. The van der Waals surface area contributed by atoms with Crippen LogP contribution in [0.1, 0.15) is 22.5 Å². The lowest BCUT2D eigenvalue weighted by Crippen LogP contribution is -2.25. The molecule has 88 valence electrons. The van der Waals surface area contributed by atoms with E-state index in [-0.39, 0.29) is 5.91 Å². The lowest BCUT2D eigenvalue weighted by atomic mass is 10.2. The highest BCUT2D eigenvalue weighted by molar-refractivity contribution is 7.21. The molecule has 1 heterocycles. The van der Waals surface area contributed by atoms with Gasteiger partial charge in [0.1, 0.15) is 4.88 Å². The van der Waals surface area contributed by atoms with E-state index in [1.54, 1.807) is 6.07 Å². The highest BCUT2D eigenvalue weighted by atomic mass is 35.5. The largest absolute Gasteiger partial charge is 0.397 e. The van der Waals surface area contributed by atoms with Gasteiger partial charge in [-0.25, -0.2) is 0 Å². The normalized spacial score (nSPS) is 15.1. The second-order valence-electron chi connectivity index (χ2n) is 4.23. The van der Waals surface area contributed by atoms with Gasteiger partial charge < -0.3 is 11.1 Å². The molecule has 1 fully saturated rings. The van der Waals surface area contributed by atoms with E-state index in [9.17, 15) is 4.79 Å². The molecule has 1 aliphatic carbocycles. The number of nitrogens with two attached hydrogens (primary N) is 1. The zero-order valence-electron chi connectivity index (χ0n) is 9.00. The molecule has 3 N–H and O–H groups in total. The number of carbonyl (C=O) groups is 1. The Bertz CT molecular complexity index is 604. The van der Waals surface area contributed by atoms with Gasteiger partial charge in [-0.2, -0.15) is 0 Å². The highest BCUT2D eigenvalue weighted by Gasteiger charge is 2.26. The Morgan fingerprint density at radius 1 is 1.47 bits per heavy atom. The fraction of sp³-hybridized carbons (Fsp3) is 0.250. The van der Waals surface area contributed by atoms with Crippen molar-refractivity contribution < 1.29 is 4.79 Å². The summed E-state index contributed by atoms with van der Waals surface area (Å²) in [6, 6.07) is 5.85. The maximum Gasteiger partial charge on any atom is 0.263 e. The van der Waals surface area contributed by atoms with Crippen LogP contribution in [0.5, 0.6) is 0 Å². The first kappa shape index (κ1) is 10.9. The molecule has 1 aromatic carbocycles. The number of benzene rings is 1. The monoisotopic (exact) mass is 266 g/mol. The molecule has 17 heavy (non-hydrogen) atoms. The van der Waals surface area contributed by atoms with Crippen LogP contribution in [0.4, 0.5) is 5.69 Å². The van der Waals surface area contributed by atoms with Crippen molar-refractivity contribution in [3.05, 3.63) is 28.1 Å². The van der Waals surface area contributed by atoms with Crippen molar-refractivity contribution in [2.75, 3.05) is 5.73 Å². The van der Waals surface area contributed by atoms with Crippen molar-refractivity contribution in [3.8, 4) is 0 Å². The van der Waals surface area contributed by atoms with E-state index < -0.39 is 0 Å². The van der Waals surface area contributed by atoms with Gasteiger partial charge in [0.2, 0.25) is 0 Å². The maximum absolute atomic E-state index is 12.0. The number of nitrogens with one attached hydrogen (secondary N) is 1. The molecule has 1 aromatic heterocycles. The number of hydrogen-bond acceptors (Lipinski definition) is 3. The summed E-state index contributed by atoms with van der Waals surface area (Å²) >= 11 is 7.34. The van der Waals surface area contributed by atoms with Crippen molar-refractivity contribution in [1.29, 1.82) is 0 Å². The molecule has 0 spiro atoms. The molecule has 0 aliphatic heterocycles. The number of carbonyl (C=O) groups excluding carboxylic acids is 1. The zero-order chi connectivity index (χ0) is 12.0. The summed E-state index contributed by atoms with van der Waals surface area (Å²) in [5.74, 6) is -0.0673. The van der Waals surface area contributed by atoms with Gasteiger partial charge >= 0.3 is 0 Å². The van der Waals surface area contributed by atoms with E-state index >= 15 is 0 Å². The van der Waals surface area contributed by atoms with Crippen LogP contribution in [0.25, 0.3) is 10.1 Å². The third kappa shape index (κ3) is 1.98. The van der Waals surface area contributed by atoms with Crippen molar-refractivity contribution in [1.82, 2.24) is 5.32 Å². The van der Waals surface area contributed by atoms with Gasteiger partial charge in [0.15, 0.2) is 0 Å². The third-order valence-electron chi connectivity index (χ3n) is 2.81. The molecule has 0 saturated heterocycles. The van der Waals surface area contributed by atoms with Crippen LogP contribution in [0.2, 0.25) is 5.02 Å². The summed E-state index contributed by atoms with van der Waals surface area (Å²) in [7, 11) is 0. The first-order valence-electron chi connectivity index (χ1n) is 5.43. The van der Waals surface area contributed by atoms with E-state index in [0.29, 0.717) is 21.6 Å². The molecule has 0 radical (unpaired) electrons. The SMILES string of the molecule is Nc1c(C(=O)NC2CC2)sc2ccc(Cl)cc12. The van der Waals surface area contributed by atoms with Crippen molar-refractivity contribution in [2.24, 2.45) is 0 Å². The summed E-state index contributed by atoms with van der Waals surface area (Å²) in [6.45, 7) is 0. The Kier molecular flexibility index (Phi) is 2.49. The third-order valence-corrected chi connectivity index (χ3v) is 4.23. The Hall–Kier alpha value is -1.26. The fourth-order valence-corrected chi connectivity index (χ4v) is 2.91. The van der Waals surface area contributed by atoms with Gasteiger partial charge in [0, 0.05) is 21.2 Å². The molecule has 5 heteroatoms. The standard InChI is InChI=1S/C12H11ClN2OS/c13-6-1-4-9-8(5-6)10(14)11(17-9)12(16)15-7-2-3-7/h1,4-5,7H,2-3,14H2,(H,15,16). The minimum absolute atomic E-state index is 0.0673. The number of fused-ring (bicyclic) bond motifs is 1. The van der Waals surface area contributed by atoms with Gasteiger partial charge in [-0.05, 0) is 31.0 Å². The van der Waals surface area contributed by atoms with Gasteiger partial charge in [-0.3, -0.25) is 4.79 Å². The first-order chi connectivity index (χ1) is 8.15. The lowest BCUT2D eigenvalue weighted by molar-refractivity contribution is 0.0956. The smallest absolute Gasteiger partial charge is 0.263 e. The number of nitrogen functional groups attached to an aromatic ring is 1. The molecule has 0 bridgehead atoms. The average molecular weight is 267 g/mol. The summed E-state index contributed by atoms with van der Waals surface area (Å²) < 4.78 is 0.993. The molecule has 1 aliphatic rings. The Morgan fingerprint density at radius 2 is 2.24 bits per heavy atom. The van der Waals surface area contributed by atoms with E-state index in [2.05, 4.69) is 5.32 Å². The van der Waals surface area contributed by atoms with E-state index in [4.69, 9.17) is 17.3 Å². The van der Waals surface area contributed by atoms with Gasteiger partial charge in [0.05, 0.1) is 5.69 Å². The maximum atomic E-state index is 12.0. The average Bonchev–Trinajstić information content (AvgIpc) is 3.04. The minimum Gasteiger partial charge on any atom is -0.397 e. The summed E-state index contributed by atoms with van der Waals surface area (Å²) in [6.07, 6.45) is 2.14. The molecule has 1 saturated carbocycles. The number of hydrogen-bond donors (Lipinski definition) is 2. The number of halogens is 1. The molecular weight excluding hydrogens is 256 g/mol. The van der Waals surface area contributed by atoms with Gasteiger partial charge in [-0.15, -0.1) is 11.3 Å². The van der Waals surface area contributed by atoms with Gasteiger partial charge in [-0.1, -0.05) is 11.6 Å². The second-order valence-corrected chi connectivity index (χ2v) is 5.72. The van der Waals surface area contributed by atoms with Crippen LogP contribution in [-0.2, 0) is 0 Å². The summed E-state index contributed by atoms with van der Waals surface area (Å²) in [5, 5.41) is 4.44. The van der Waals surface area contributed by atoms with Gasteiger partial charge in [0.25, 0.3) is 5.91 Å². The molecule has 0 atom stereocenters. The number of thiophene rings is 1. The molecule has 2 aromatic rings. The topological polar surface area (TPSA) is 55.1 Å². The predicted molar refractivity (Wildman–Crippen MR) is 71.7 cm³/mol. The molecule has 3 nitrogen and oxygen atoms in total. The van der Waals surface area contributed by atoms with Crippen molar-refractivity contribution >= 4 is 44.6 Å². The van der Waals surface area contributed by atoms with Crippen LogP contribution in [0.15, 0.2) is 18.2 Å². The first-order valence-corrected chi connectivity index (χ1v) is 6.63. The van der Waals surface area contributed by atoms with Crippen LogP contribution >= 0.6 is 22.9 Å². The van der Waals surface area contributed by atoms with Crippen LogP contribution in [0, 0.1) is 0 Å². The Labute approximate surface area is 108 Å². The summed E-state index contributed by atoms with van der Waals surface area (Å²) in [5.41, 5.74) is 6.53. The molecule has 1 amide bonds. The summed E-state index contributed by atoms with van der Waals surface area (Å²) in [4.78, 5) is 12.5. The van der Waals surface area contributed by atoms with E-state index in [1.165, 1.54) is 11.3 Å². The molecule has 0 unspecified atom stereocenters. The predicted octanol–water partition coefficient (Wildman–Crippen LogP) is 3.03. The van der Waals surface area contributed by atoms with Crippen molar-refractivity contribution in [3.63, 3.8) is 0 Å². The van der Waals surface area contributed by atoms with Crippen LogP contribution < -0.4 is 11.1 Å². The zero-order valence-corrected chi connectivity index (χ0v) is 10.6. The number of anilines is 1. The van der Waals surface area contributed by atoms with E-state index in [0.717, 1.165) is 22.9 Å². The number of amides is 1. The number of rotatable bonds is 2. The molecular formula is C12H11ClN2OS. The van der Waals surface area contributed by atoms with Crippen molar-refractivity contribution in [2.45, 2.75) is 18.9 Å². The van der Waals surface area contributed by atoms with Crippen LogP contribution in [0.3, 0.4) is 0 Å². The minimum atomic E-state index is -0.0673. The Morgan fingerprint density at radius 3 is 2.94 bits per heavy atom. The molecule has 3 rings (SSSR count). The quantitative estimate of drug-likeness (QED) is 0.878. The van der Waals surface area contributed by atoms with Crippen LogP contribution in [-0.4, -0.2) is 11.9 Å².